The zero-order valence-corrected chi connectivity index (χ0v) is 14.8. The van der Waals surface area contributed by atoms with Gasteiger partial charge in [-0.3, -0.25) is 4.90 Å². The molecule has 2 rings (SSSR count). The fourth-order valence-electron chi connectivity index (χ4n) is 4.23. The molecule has 2 aliphatic heterocycles. The molecule has 1 N–H and O–H groups in total. The first-order chi connectivity index (χ1) is 10.2. The van der Waals surface area contributed by atoms with Crippen LogP contribution < -0.4 is 5.32 Å². The van der Waals surface area contributed by atoms with Crippen LogP contribution in [0.2, 0.25) is 0 Å². The zero-order chi connectivity index (χ0) is 15.2. The SMILES string of the molecule is CCCC1CN(C2CCN(CCC)CC2)C(C(C)C)CN1. The van der Waals surface area contributed by atoms with E-state index in [1.54, 1.807) is 0 Å². The summed E-state index contributed by atoms with van der Waals surface area (Å²) >= 11 is 0. The van der Waals surface area contributed by atoms with Gasteiger partial charge >= 0.3 is 0 Å². The Morgan fingerprint density at radius 1 is 1.10 bits per heavy atom. The van der Waals surface area contributed by atoms with Crippen LogP contribution in [-0.2, 0) is 0 Å². The summed E-state index contributed by atoms with van der Waals surface area (Å²) in [6, 6.07) is 2.28. The van der Waals surface area contributed by atoms with Crippen molar-refractivity contribution in [2.75, 3.05) is 32.7 Å². The van der Waals surface area contributed by atoms with Crippen molar-refractivity contribution in [3.05, 3.63) is 0 Å². The Morgan fingerprint density at radius 2 is 1.81 bits per heavy atom. The maximum Gasteiger partial charge on any atom is 0.0247 e. The minimum atomic E-state index is 0.721. The van der Waals surface area contributed by atoms with Crippen molar-refractivity contribution in [2.45, 2.75) is 77.9 Å². The third-order valence-electron chi connectivity index (χ3n) is 5.45. The third-order valence-corrected chi connectivity index (χ3v) is 5.45. The molecule has 0 aliphatic carbocycles. The second-order valence-electron chi connectivity index (χ2n) is 7.47. The molecule has 2 unspecified atom stereocenters. The zero-order valence-electron chi connectivity index (χ0n) is 14.8. The van der Waals surface area contributed by atoms with Gasteiger partial charge in [-0.15, -0.1) is 0 Å². The molecule has 124 valence electrons. The molecule has 0 amide bonds. The molecule has 2 fully saturated rings. The Balaban J connectivity index is 1.93. The molecule has 3 heteroatoms. The van der Waals surface area contributed by atoms with E-state index >= 15 is 0 Å². The predicted molar refractivity (Wildman–Crippen MR) is 91.8 cm³/mol. The molecule has 21 heavy (non-hydrogen) atoms. The Labute approximate surface area is 132 Å². The number of piperazine rings is 1. The highest BCUT2D eigenvalue weighted by atomic mass is 15.3. The lowest BCUT2D eigenvalue weighted by Gasteiger charge is -2.48. The summed E-state index contributed by atoms with van der Waals surface area (Å²) in [5.74, 6) is 0.758. The molecule has 0 aromatic heterocycles. The molecule has 0 bridgehead atoms. The lowest BCUT2D eigenvalue weighted by atomic mass is 9.92. The van der Waals surface area contributed by atoms with Crippen LogP contribution in [0, 0.1) is 5.92 Å². The monoisotopic (exact) mass is 295 g/mol. The largest absolute Gasteiger partial charge is 0.311 e. The number of rotatable bonds is 6. The molecule has 3 nitrogen and oxygen atoms in total. The topological polar surface area (TPSA) is 18.5 Å². The maximum atomic E-state index is 3.80. The fraction of sp³-hybridized carbons (Fsp3) is 1.00. The van der Waals surface area contributed by atoms with E-state index in [9.17, 15) is 0 Å². The predicted octanol–water partition coefficient (Wildman–Crippen LogP) is 2.96. The van der Waals surface area contributed by atoms with Crippen molar-refractivity contribution < 1.29 is 0 Å². The molecular weight excluding hydrogens is 258 g/mol. The summed E-state index contributed by atoms with van der Waals surface area (Å²) in [4.78, 5) is 5.54. The average molecular weight is 296 g/mol. The van der Waals surface area contributed by atoms with E-state index < -0.39 is 0 Å². The van der Waals surface area contributed by atoms with Crippen LogP contribution in [0.15, 0.2) is 0 Å². The van der Waals surface area contributed by atoms with Crippen molar-refractivity contribution in [1.82, 2.24) is 15.1 Å². The number of likely N-dealkylation sites (tertiary alicyclic amines) is 1. The number of hydrogen-bond acceptors (Lipinski definition) is 3. The lowest BCUT2D eigenvalue weighted by Crippen LogP contribution is -2.62. The van der Waals surface area contributed by atoms with Crippen molar-refractivity contribution >= 4 is 0 Å². The molecule has 2 aliphatic rings. The molecule has 0 aromatic rings. The van der Waals surface area contributed by atoms with Crippen LogP contribution in [0.1, 0.15) is 59.8 Å². The van der Waals surface area contributed by atoms with Gasteiger partial charge in [0.05, 0.1) is 0 Å². The van der Waals surface area contributed by atoms with E-state index in [1.165, 1.54) is 64.8 Å². The summed E-state index contributed by atoms with van der Waals surface area (Å²) in [7, 11) is 0. The Bertz CT molecular complexity index is 284. The Morgan fingerprint density at radius 3 is 2.38 bits per heavy atom. The van der Waals surface area contributed by atoms with Gasteiger partial charge in [-0.25, -0.2) is 0 Å². The van der Waals surface area contributed by atoms with E-state index in [4.69, 9.17) is 0 Å². The molecule has 0 spiro atoms. The van der Waals surface area contributed by atoms with Crippen LogP contribution in [-0.4, -0.2) is 60.6 Å². The van der Waals surface area contributed by atoms with Gasteiger partial charge in [0.15, 0.2) is 0 Å². The molecule has 2 heterocycles. The number of nitrogens with one attached hydrogen (secondary N) is 1. The maximum absolute atomic E-state index is 3.80. The van der Waals surface area contributed by atoms with Gasteiger partial charge in [-0.2, -0.15) is 0 Å². The Hall–Kier alpha value is -0.120. The molecule has 0 aromatic carbocycles. The van der Waals surface area contributed by atoms with E-state index in [-0.39, 0.29) is 0 Å². The number of hydrogen-bond donors (Lipinski definition) is 1. The summed E-state index contributed by atoms with van der Waals surface area (Å²) in [5, 5.41) is 3.80. The summed E-state index contributed by atoms with van der Waals surface area (Å²) in [6.45, 7) is 15.8. The average Bonchev–Trinajstić information content (AvgIpc) is 2.48. The van der Waals surface area contributed by atoms with Gasteiger partial charge in [0.2, 0.25) is 0 Å². The lowest BCUT2D eigenvalue weighted by molar-refractivity contribution is 0.0226. The molecular formula is C18H37N3. The van der Waals surface area contributed by atoms with Gasteiger partial charge in [0.25, 0.3) is 0 Å². The highest BCUT2D eigenvalue weighted by molar-refractivity contribution is 4.93. The van der Waals surface area contributed by atoms with E-state index in [0.29, 0.717) is 0 Å². The molecule has 0 radical (unpaired) electrons. The first kappa shape index (κ1) is 17.2. The van der Waals surface area contributed by atoms with Crippen LogP contribution in [0.4, 0.5) is 0 Å². The van der Waals surface area contributed by atoms with Crippen LogP contribution in [0.3, 0.4) is 0 Å². The third kappa shape index (κ3) is 4.67. The van der Waals surface area contributed by atoms with Gasteiger partial charge in [-0.1, -0.05) is 34.1 Å². The first-order valence-electron chi connectivity index (χ1n) is 9.37. The first-order valence-corrected chi connectivity index (χ1v) is 9.37. The minimum absolute atomic E-state index is 0.721. The van der Waals surface area contributed by atoms with Crippen LogP contribution in [0.25, 0.3) is 0 Å². The second-order valence-corrected chi connectivity index (χ2v) is 7.47. The minimum Gasteiger partial charge on any atom is -0.311 e. The summed E-state index contributed by atoms with van der Waals surface area (Å²) in [5.41, 5.74) is 0. The normalized spacial score (nSPS) is 30.1. The van der Waals surface area contributed by atoms with Crippen molar-refractivity contribution in [3.8, 4) is 0 Å². The highest BCUT2D eigenvalue weighted by Gasteiger charge is 2.35. The quantitative estimate of drug-likeness (QED) is 0.813. The van der Waals surface area contributed by atoms with Gasteiger partial charge in [0.1, 0.15) is 0 Å². The fourth-order valence-corrected chi connectivity index (χ4v) is 4.23. The van der Waals surface area contributed by atoms with Crippen molar-refractivity contribution in [1.29, 1.82) is 0 Å². The van der Waals surface area contributed by atoms with Crippen LogP contribution in [0.5, 0.6) is 0 Å². The van der Waals surface area contributed by atoms with Crippen molar-refractivity contribution in [3.63, 3.8) is 0 Å². The van der Waals surface area contributed by atoms with E-state index in [1.807, 2.05) is 0 Å². The van der Waals surface area contributed by atoms with E-state index in [2.05, 4.69) is 42.8 Å². The number of piperidine rings is 1. The van der Waals surface area contributed by atoms with Crippen molar-refractivity contribution in [2.24, 2.45) is 5.92 Å². The molecule has 2 atom stereocenters. The van der Waals surface area contributed by atoms with E-state index in [0.717, 1.165) is 24.0 Å². The Kier molecular flexibility index (Phi) is 6.97. The highest BCUT2D eigenvalue weighted by Crippen LogP contribution is 2.25. The summed E-state index contributed by atoms with van der Waals surface area (Å²) in [6.07, 6.45) is 6.68. The number of nitrogens with zero attached hydrogens (tertiary/aromatic N) is 2. The van der Waals surface area contributed by atoms with Gasteiger partial charge in [0, 0.05) is 31.2 Å². The standard InChI is InChI=1S/C18H37N3/c1-5-7-16-14-21(18(13-19-16)15(3)4)17-8-11-20(10-6-2)12-9-17/h15-19H,5-14H2,1-4H3. The molecule has 0 saturated carbocycles. The smallest absolute Gasteiger partial charge is 0.0247 e. The summed E-state index contributed by atoms with van der Waals surface area (Å²) < 4.78 is 0. The van der Waals surface area contributed by atoms with Crippen LogP contribution >= 0.6 is 0 Å². The van der Waals surface area contributed by atoms with Gasteiger partial charge < -0.3 is 10.2 Å². The van der Waals surface area contributed by atoms with Gasteiger partial charge in [-0.05, 0) is 51.2 Å². The molecule has 2 saturated heterocycles. The second kappa shape index (κ2) is 8.50.